The maximum absolute atomic E-state index is 6.04. The van der Waals surface area contributed by atoms with E-state index in [1.54, 1.807) is 24.5 Å². The van der Waals surface area contributed by atoms with Gasteiger partial charge in [0.2, 0.25) is 0 Å². The van der Waals surface area contributed by atoms with E-state index in [0.29, 0.717) is 11.4 Å². The van der Waals surface area contributed by atoms with Gasteiger partial charge in [-0.1, -0.05) is 17.7 Å². The Morgan fingerprint density at radius 3 is 2.62 bits per heavy atom. The molecule has 0 amide bonds. The van der Waals surface area contributed by atoms with Crippen LogP contribution in [0, 0.1) is 0 Å². The monoisotopic (exact) mass is 233 g/mol. The summed E-state index contributed by atoms with van der Waals surface area (Å²) in [6, 6.07) is 9.12. The molecular weight excluding hydrogens is 222 g/mol. The van der Waals surface area contributed by atoms with Gasteiger partial charge < -0.3 is 5.73 Å². The van der Waals surface area contributed by atoms with Crippen LogP contribution in [0.25, 0.3) is 0 Å². The maximum atomic E-state index is 6.04. The van der Waals surface area contributed by atoms with Crippen LogP contribution < -0.4 is 5.73 Å². The van der Waals surface area contributed by atoms with Gasteiger partial charge in [0.05, 0.1) is 16.8 Å². The molecule has 1 unspecified atom stereocenters. The van der Waals surface area contributed by atoms with Crippen molar-refractivity contribution in [3.63, 3.8) is 0 Å². The molecule has 0 radical (unpaired) electrons. The quantitative estimate of drug-likeness (QED) is 0.886. The van der Waals surface area contributed by atoms with Crippen LogP contribution >= 0.6 is 11.6 Å². The lowest BCUT2D eigenvalue weighted by molar-refractivity contribution is 0.684. The van der Waals surface area contributed by atoms with Crippen molar-refractivity contribution in [2.24, 2.45) is 5.73 Å². The lowest BCUT2D eigenvalue weighted by Gasteiger charge is -2.11. The molecule has 2 rings (SSSR count). The number of rotatable bonds is 3. The van der Waals surface area contributed by atoms with Gasteiger partial charge in [0, 0.05) is 24.5 Å². The van der Waals surface area contributed by atoms with E-state index in [-0.39, 0.29) is 6.04 Å². The number of hydrogen-bond acceptors (Lipinski definition) is 3. The molecule has 4 heteroatoms. The van der Waals surface area contributed by atoms with Crippen LogP contribution in [0.15, 0.2) is 42.7 Å². The summed E-state index contributed by atoms with van der Waals surface area (Å²) in [4.78, 5) is 8.41. The molecule has 0 fully saturated rings. The van der Waals surface area contributed by atoms with Crippen molar-refractivity contribution in [3.05, 3.63) is 59.1 Å². The molecule has 0 aliphatic carbocycles. The molecule has 1 atom stereocenters. The Labute approximate surface area is 99.3 Å². The lowest BCUT2D eigenvalue weighted by Crippen LogP contribution is -2.16. The van der Waals surface area contributed by atoms with E-state index in [9.17, 15) is 0 Å². The number of hydrogen-bond donors (Lipinski definition) is 1. The summed E-state index contributed by atoms with van der Waals surface area (Å²) in [5.74, 6) is 0. The number of nitrogens with two attached hydrogens (primary N) is 1. The summed E-state index contributed by atoms with van der Waals surface area (Å²) >= 11 is 6.02. The fourth-order valence-electron chi connectivity index (χ4n) is 1.51. The van der Waals surface area contributed by atoms with Crippen molar-refractivity contribution in [2.45, 2.75) is 12.5 Å². The summed E-state index contributed by atoms with van der Waals surface area (Å²) in [5.41, 5.74) is 7.70. The molecule has 0 aromatic carbocycles. The van der Waals surface area contributed by atoms with Gasteiger partial charge in [0.1, 0.15) is 0 Å². The third-order valence-corrected chi connectivity index (χ3v) is 2.61. The van der Waals surface area contributed by atoms with E-state index in [2.05, 4.69) is 9.97 Å². The van der Waals surface area contributed by atoms with Crippen LogP contribution in [0.4, 0.5) is 0 Å². The average molecular weight is 234 g/mol. The summed E-state index contributed by atoms with van der Waals surface area (Å²) in [5, 5.41) is 0.603. The Morgan fingerprint density at radius 2 is 1.94 bits per heavy atom. The van der Waals surface area contributed by atoms with Gasteiger partial charge in [-0.2, -0.15) is 0 Å². The van der Waals surface area contributed by atoms with E-state index in [1.165, 1.54) is 0 Å². The molecule has 2 aromatic heterocycles. The topological polar surface area (TPSA) is 51.8 Å². The van der Waals surface area contributed by atoms with Crippen molar-refractivity contribution < 1.29 is 0 Å². The highest BCUT2D eigenvalue weighted by molar-refractivity contribution is 6.31. The molecule has 0 aliphatic rings. The lowest BCUT2D eigenvalue weighted by atomic mass is 10.1. The third-order valence-electron chi connectivity index (χ3n) is 2.29. The Hall–Kier alpha value is -1.45. The van der Waals surface area contributed by atoms with Crippen LogP contribution in [-0.4, -0.2) is 9.97 Å². The van der Waals surface area contributed by atoms with Crippen molar-refractivity contribution in [1.82, 2.24) is 9.97 Å². The number of halogens is 1. The smallest absolute Gasteiger partial charge is 0.0760 e. The van der Waals surface area contributed by atoms with Crippen molar-refractivity contribution in [3.8, 4) is 0 Å². The highest BCUT2D eigenvalue weighted by atomic mass is 35.5. The molecule has 0 saturated heterocycles. The van der Waals surface area contributed by atoms with Gasteiger partial charge in [-0.05, 0) is 24.3 Å². The van der Waals surface area contributed by atoms with E-state index in [0.717, 1.165) is 11.4 Å². The van der Waals surface area contributed by atoms with Crippen LogP contribution in [0.2, 0.25) is 5.02 Å². The average Bonchev–Trinajstić information content (AvgIpc) is 2.31. The van der Waals surface area contributed by atoms with Crippen LogP contribution in [0.1, 0.15) is 17.4 Å². The molecule has 3 nitrogen and oxygen atoms in total. The van der Waals surface area contributed by atoms with Gasteiger partial charge >= 0.3 is 0 Å². The molecule has 0 aliphatic heterocycles. The SMILES string of the molecule is NC(Cc1ccccn1)c1ncccc1Cl. The normalized spacial score (nSPS) is 12.4. The minimum atomic E-state index is -0.219. The zero-order valence-electron chi connectivity index (χ0n) is 8.68. The van der Waals surface area contributed by atoms with E-state index < -0.39 is 0 Å². The Balaban J connectivity index is 2.15. The summed E-state index contributed by atoms with van der Waals surface area (Å²) in [6.07, 6.45) is 4.08. The van der Waals surface area contributed by atoms with Gasteiger partial charge in [0.15, 0.2) is 0 Å². The van der Waals surface area contributed by atoms with E-state index in [1.807, 2.05) is 18.2 Å². The molecule has 2 aromatic rings. The van der Waals surface area contributed by atoms with Crippen molar-refractivity contribution in [1.29, 1.82) is 0 Å². The first-order valence-electron chi connectivity index (χ1n) is 5.03. The molecule has 16 heavy (non-hydrogen) atoms. The second-order valence-corrected chi connectivity index (χ2v) is 3.91. The molecule has 2 heterocycles. The van der Waals surface area contributed by atoms with E-state index >= 15 is 0 Å². The van der Waals surface area contributed by atoms with Crippen molar-refractivity contribution in [2.75, 3.05) is 0 Å². The predicted molar refractivity (Wildman–Crippen MR) is 64.1 cm³/mol. The third kappa shape index (κ3) is 2.56. The fourth-order valence-corrected chi connectivity index (χ4v) is 1.77. The van der Waals surface area contributed by atoms with Crippen LogP contribution in [0.5, 0.6) is 0 Å². The van der Waals surface area contributed by atoms with Gasteiger partial charge in [-0.25, -0.2) is 0 Å². The Bertz CT molecular complexity index is 459. The first-order chi connectivity index (χ1) is 7.77. The van der Waals surface area contributed by atoms with Gasteiger partial charge in [-0.15, -0.1) is 0 Å². The maximum Gasteiger partial charge on any atom is 0.0760 e. The molecular formula is C12H12ClN3. The Kier molecular flexibility index (Phi) is 3.49. The zero-order valence-corrected chi connectivity index (χ0v) is 9.43. The van der Waals surface area contributed by atoms with E-state index in [4.69, 9.17) is 17.3 Å². The highest BCUT2D eigenvalue weighted by Gasteiger charge is 2.12. The molecule has 82 valence electrons. The zero-order chi connectivity index (χ0) is 11.4. The minimum Gasteiger partial charge on any atom is -0.322 e. The second kappa shape index (κ2) is 5.05. The number of nitrogens with zero attached hydrogens (tertiary/aromatic N) is 2. The molecule has 2 N–H and O–H groups in total. The van der Waals surface area contributed by atoms with Gasteiger partial charge in [0.25, 0.3) is 0 Å². The highest BCUT2D eigenvalue weighted by Crippen LogP contribution is 2.20. The fraction of sp³-hybridized carbons (Fsp3) is 0.167. The molecule has 0 spiro atoms. The molecule has 0 bridgehead atoms. The first-order valence-corrected chi connectivity index (χ1v) is 5.41. The second-order valence-electron chi connectivity index (χ2n) is 3.50. The number of aromatic nitrogens is 2. The minimum absolute atomic E-state index is 0.219. The summed E-state index contributed by atoms with van der Waals surface area (Å²) in [7, 11) is 0. The first kappa shape index (κ1) is 11.0. The summed E-state index contributed by atoms with van der Waals surface area (Å²) < 4.78 is 0. The standard InChI is InChI=1S/C12H12ClN3/c13-10-5-3-7-16-12(10)11(14)8-9-4-1-2-6-15-9/h1-7,11H,8,14H2. The van der Waals surface area contributed by atoms with Crippen molar-refractivity contribution >= 4 is 11.6 Å². The summed E-state index contributed by atoms with van der Waals surface area (Å²) in [6.45, 7) is 0. The predicted octanol–water partition coefficient (Wildman–Crippen LogP) is 2.37. The Morgan fingerprint density at radius 1 is 1.12 bits per heavy atom. The largest absolute Gasteiger partial charge is 0.322 e. The number of pyridine rings is 2. The van der Waals surface area contributed by atoms with Gasteiger partial charge in [-0.3, -0.25) is 9.97 Å². The van der Waals surface area contributed by atoms with Crippen LogP contribution in [0.3, 0.4) is 0 Å². The van der Waals surface area contributed by atoms with Crippen LogP contribution in [-0.2, 0) is 6.42 Å². The molecule has 0 saturated carbocycles.